The van der Waals surface area contributed by atoms with Gasteiger partial charge < -0.3 is 10.4 Å². The molecular weight excluding hydrogens is 286 g/mol. The molecule has 0 saturated carbocycles. The van der Waals surface area contributed by atoms with Crippen LogP contribution in [0.3, 0.4) is 0 Å². The Bertz CT molecular complexity index is 648. The number of nitrogens with one attached hydrogen (secondary N) is 1. The van der Waals surface area contributed by atoms with E-state index in [9.17, 15) is 9.59 Å². The van der Waals surface area contributed by atoms with Gasteiger partial charge in [0, 0.05) is 21.9 Å². The Kier molecular flexibility index (Phi) is 5.11. The Labute approximate surface area is 127 Å². The molecule has 1 aromatic heterocycles. The first-order valence-electron chi connectivity index (χ1n) is 6.69. The monoisotopic (exact) mass is 303 g/mol. The third-order valence-corrected chi connectivity index (χ3v) is 3.97. The molecule has 21 heavy (non-hydrogen) atoms. The van der Waals surface area contributed by atoms with Crippen molar-refractivity contribution >= 4 is 28.9 Å². The van der Waals surface area contributed by atoms with Gasteiger partial charge in [-0.25, -0.2) is 0 Å². The lowest BCUT2D eigenvalue weighted by atomic mass is 10.1. The molecule has 0 atom stereocenters. The number of carbonyl (C=O) groups is 2. The van der Waals surface area contributed by atoms with Gasteiger partial charge in [0.25, 0.3) is 0 Å². The lowest BCUT2D eigenvalue weighted by Crippen LogP contribution is -2.13. The fourth-order valence-electron chi connectivity index (χ4n) is 2.00. The molecule has 1 amide bonds. The first-order chi connectivity index (χ1) is 10.0. The molecule has 110 valence electrons. The van der Waals surface area contributed by atoms with E-state index in [2.05, 4.69) is 5.32 Å². The van der Waals surface area contributed by atoms with Crippen LogP contribution in [-0.4, -0.2) is 17.0 Å². The van der Waals surface area contributed by atoms with E-state index in [1.165, 1.54) is 4.88 Å². The molecule has 2 N–H and O–H groups in total. The van der Waals surface area contributed by atoms with Crippen molar-refractivity contribution < 1.29 is 14.7 Å². The topological polar surface area (TPSA) is 66.4 Å². The van der Waals surface area contributed by atoms with Gasteiger partial charge in [-0.3, -0.25) is 9.59 Å². The SMILES string of the molecule is Cc1ccc(CC(=O)Nc2cccc(CCC(=O)O)c2)s1. The third-order valence-electron chi connectivity index (χ3n) is 2.97. The van der Waals surface area contributed by atoms with Crippen LogP contribution in [0.1, 0.15) is 21.7 Å². The minimum absolute atomic E-state index is 0.0627. The van der Waals surface area contributed by atoms with Crippen LogP contribution in [0.2, 0.25) is 0 Å². The van der Waals surface area contributed by atoms with E-state index in [0.29, 0.717) is 18.5 Å². The summed E-state index contributed by atoms with van der Waals surface area (Å²) in [7, 11) is 0. The molecule has 0 aliphatic carbocycles. The molecule has 2 rings (SSSR count). The quantitative estimate of drug-likeness (QED) is 0.861. The minimum Gasteiger partial charge on any atom is -0.481 e. The van der Waals surface area contributed by atoms with Crippen LogP contribution in [-0.2, 0) is 22.4 Å². The maximum absolute atomic E-state index is 12.0. The fourth-order valence-corrected chi connectivity index (χ4v) is 2.89. The molecule has 0 bridgehead atoms. The molecule has 0 aliphatic heterocycles. The summed E-state index contributed by atoms with van der Waals surface area (Å²) in [6.07, 6.45) is 0.910. The average molecular weight is 303 g/mol. The Balaban J connectivity index is 1.94. The van der Waals surface area contributed by atoms with Crippen molar-refractivity contribution in [3.05, 3.63) is 51.7 Å². The van der Waals surface area contributed by atoms with Crippen LogP contribution in [0, 0.1) is 6.92 Å². The first kappa shape index (κ1) is 15.3. The van der Waals surface area contributed by atoms with Gasteiger partial charge in [0.05, 0.1) is 6.42 Å². The Morgan fingerprint density at radius 3 is 2.71 bits per heavy atom. The molecule has 0 unspecified atom stereocenters. The second-order valence-corrected chi connectivity index (χ2v) is 6.20. The Hall–Kier alpha value is -2.14. The highest BCUT2D eigenvalue weighted by molar-refractivity contribution is 7.12. The van der Waals surface area contributed by atoms with E-state index in [0.717, 1.165) is 10.4 Å². The predicted octanol–water partition coefficient (Wildman–Crippen LogP) is 3.25. The summed E-state index contributed by atoms with van der Waals surface area (Å²) in [5.74, 6) is -0.885. The molecule has 2 aromatic rings. The highest BCUT2D eigenvalue weighted by Crippen LogP contribution is 2.17. The van der Waals surface area contributed by atoms with Crippen LogP contribution in [0.5, 0.6) is 0 Å². The fraction of sp³-hybridized carbons (Fsp3) is 0.250. The van der Waals surface area contributed by atoms with Crippen LogP contribution in [0.15, 0.2) is 36.4 Å². The standard InChI is InChI=1S/C16H17NO3S/c1-11-5-7-14(21-11)10-15(18)17-13-4-2-3-12(9-13)6-8-16(19)20/h2-5,7,9H,6,8,10H2,1H3,(H,17,18)(H,19,20). The van der Waals surface area contributed by atoms with Gasteiger partial charge in [-0.15, -0.1) is 11.3 Å². The number of carboxylic acid groups (broad SMARTS) is 1. The summed E-state index contributed by atoms with van der Waals surface area (Å²) in [4.78, 5) is 24.8. The lowest BCUT2D eigenvalue weighted by Gasteiger charge is -2.06. The number of benzene rings is 1. The summed E-state index contributed by atoms with van der Waals surface area (Å²) in [5, 5.41) is 11.5. The molecule has 0 aliphatic rings. The first-order valence-corrected chi connectivity index (χ1v) is 7.50. The Morgan fingerprint density at radius 2 is 2.05 bits per heavy atom. The molecule has 4 nitrogen and oxygen atoms in total. The van der Waals surface area contributed by atoms with Crippen LogP contribution >= 0.6 is 11.3 Å². The Morgan fingerprint density at radius 1 is 1.24 bits per heavy atom. The zero-order chi connectivity index (χ0) is 15.2. The smallest absolute Gasteiger partial charge is 0.303 e. The maximum atomic E-state index is 12.0. The average Bonchev–Trinajstić information content (AvgIpc) is 2.82. The molecule has 1 heterocycles. The second-order valence-electron chi connectivity index (χ2n) is 4.83. The van der Waals surface area contributed by atoms with E-state index in [1.54, 1.807) is 11.3 Å². The molecule has 1 aromatic carbocycles. The third kappa shape index (κ3) is 5.04. The molecule has 0 spiro atoms. The lowest BCUT2D eigenvalue weighted by molar-refractivity contribution is -0.137. The van der Waals surface area contributed by atoms with Gasteiger partial charge in [-0.1, -0.05) is 12.1 Å². The summed E-state index contributed by atoms with van der Waals surface area (Å²) >= 11 is 1.62. The number of carboxylic acids is 1. The van der Waals surface area contributed by atoms with E-state index in [1.807, 2.05) is 43.3 Å². The van der Waals surface area contributed by atoms with E-state index in [-0.39, 0.29) is 12.3 Å². The van der Waals surface area contributed by atoms with Crippen molar-refractivity contribution in [2.45, 2.75) is 26.2 Å². The van der Waals surface area contributed by atoms with Crippen molar-refractivity contribution in [2.24, 2.45) is 0 Å². The van der Waals surface area contributed by atoms with Gasteiger partial charge in [0.15, 0.2) is 0 Å². The van der Waals surface area contributed by atoms with Crippen LogP contribution < -0.4 is 5.32 Å². The van der Waals surface area contributed by atoms with Crippen LogP contribution in [0.4, 0.5) is 5.69 Å². The maximum Gasteiger partial charge on any atom is 0.303 e. The summed E-state index contributed by atoms with van der Waals surface area (Å²) < 4.78 is 0. The molecule has 0 fully saturated rings. The summed E-state index contributed by atoms with van der Waals surface area (Å²) in [6, 6.07) is 11.3. The zero-order valence-electron chi connectivity index (χ0n) is 11.8. The number of aryl methyl sites for hydroxylation is 2. The zero-order valence-corrected chi connectivity index (χ0v) is 12.6. The highest BCUT2D eigenvalue weighted by atomic mass is 32.1. The van der Waals surface area contributed by atoms with Crippen molar-refractivity contribution in [3.63, 3.8) is 0 Å². The normalized spacial score (nSPS) is 10.3. The van der Waals surface area contributed by atoms with E-state index in [4.69, 9.17) is 5.11 Å². The number of rotatable bonds is 6. The minimum atomic E-state index is -0.822. The number of hydrogen-bond donors (Lipinski definition) is 2. The second kappa shape index (κ2) is 7.04. The number of aliphatic carboxylic acids is 1. The van der Waals surface area contributed by atoms with Gasteiger partial charge in [-0.2, -0.15) is 0 Å². The van der Waals surface area contributed by atoms with Gasteiger partial charge in [-0.05, 0) is 43.2 Å². The predicted molar refractivity (Wildman–Crippen MR) is 83.8 cm³/mol. The number of carbonyl (C=O) groups excluding carboxylic acids is 1. The number of thiophene rings is 1. The van der Waals surface area contributed by atoms with Crippen LogP contribution in [0.25, 0.3) is 0 Å². The highest BCUT2D eigenvalue weighted by Gasteiger charge is 2.07. The van der Waals surface area contributed by atoms with Crippen molar-refractivity contribution in [1.29, 1.82) is 0 Å². The summed E-state index contributed by atoms with van der Waals surface area (Å²) in [5.41, 5.74) is 1.61. The van der Waals surface area contributed by atoms with Crippen molar-refractivity contribution in [2.75, 3.05) is 5.32 Å². The molecule has 5 heteroatoms. The molecule has 0 saturated heterocycles. The van der Waals surface area contributed by atoms with E-state index >= 15 is 0 Å². The summed E-state index contributed by atoms with van der Waals surface area (Å²) in [6.45, 7) is 2.01. The van der Waals surface area contributed by atoms with Crippen molar-refractivity contribution in [3.8, 4) is 0 Å². The molecular formula is C16H17NO3S. The van der Waals surface area contributed by atoms with Gasteiger partial charge in [0.2, 0.25) is 5.91 Å². The van der Waals surface area contributed by atoms with E-state index < -0.39 is 5.97 Å². The largest absolute Gasteiger partial charge is 0.481 e. The van der Waals surface area contributed by atoms with Crippen molar-refractivity contribution in [1.82, 2.24) is 0 Å². The molecule has 0 radical (unpaired) electrons. The number of hydrogen-bond acceptors (Lipinski definition) is 3. The number of amides is 1. The van der Waals surface area contributed by atoms with Gasteiger partial charge >= 0.3 is 5.97 Å². The van der Waals surface area contributed by atoms with Gasteiger partial charge in [0.1, 0.15) is 0 Å². The number of anilines is 1.